The molecule has 1 aromatic carbocycles. The largest absolute Gasteiger partial charge is 0.319 e. The predicted molar refractivity (Wildman–Crippen MR) is 82.6 cm³/mol. The number of likely N-dealkylation sites (N-methyl/N-ethyl adjacent to an activating group) is 1. The highest BCUT2D eigenvalue weighted by Gasteiger charge is 2.30. The van der Waals surface area contributed by atoms with Crippen molar-refractivity contribution in [2.75, 3.05) is 32.1 Å². The molecule has 1 fully saturated rings. The van der Waals surface area contributed by atoms with Crippen LogP contribution < -0.4 is 5.32 Å². The molecule has 112 valence electrons. The molecule has 2 rings (SSSR count). The fourth-order valence-electron chi connectivity index (χ4n) is 2.74. The van der Waals surface area contributed by atoms with Crippen molar-refractivity contribution in [3.05, 3.63) is 35.4 Å². The monoisotopic (exact) mass is 296 g/mol. The molecular formula is C15H24N2O2S. The summed E-state index contributed by atoms with van der Waals surface area (Å²) in [5.74, 6) is 0.644. The van der Waals surface area contributed by atoms with Crippen molar-refractivity contribution in [2.45, 2.75) is 25.4 Å². The average Bonchev–Trinajstić information content (AvgIpc) is 2.78. The van der Waals surface area contributed by atoms with Crippen molar-refractivity contribution in [1.29, 1.82) is 0 Å². The van der Waals surface area contributed by atoms with Crippen molar-refractivity contribution >= 4 is 9.84 Å². The van der Waals surface area contributed by atoms with Gasteiger partial charge in [0, 0.05) is 12.6 Å². The lowest BCUT2D eigenvalue weighted by molar-refractivity contribution is 0.253. The molecule has 0 bridgehead atoms. The van der Waals surface area contributed by atoms with Crippen LogP contribution in [0.4, 0.5) is 0 Å². The highest BCUT2D eigenvalue weighted by atomic mass is 32.2. The maximum atomic E-state index is 11.6. The first-order valence-corrected chi connectivity index (χ1v) is 8.96. The van der Waals surface area contributed by atoms with Crippen LogP contribution in [0.2, 0.25) is 0 Å². The van der Waals surface area contributed by atoms with E-state index in [1.54, 1.807) is 0 Å². The number of sulfone groups is 1. The summed E-state index contributed by atoms with van der Waals surface area (Å²) in [6, 6.07) is 8.58. The Kier molecular flexibility index (Phi) is 5.18. The first-order valence-electron chi connectivity index (χ1n) is 7.14. The van der Waals surface area contributed by atoms with Gasteiger partial charge in [0.25, 0.3) is 0 Å². The maximum absolute atomic E-state index is 11.6. The van der Waals surface area contributed by atoms with Crippen molar-refractivity contribution in [3.8, 4) is 0 Å². The van der Waals surface area contributed by atoms with Crippen molar-refractivity contribution in [2.24, 2.45) is 0 Å². The van der Waals surface area contributed by atoms with E-state index in [2.05, 4.69) is 34.5 Å². The van der Waals surface area contributed by atoms with Gasteiger partial charge in [0.1, 0.15) is 0 Å². The van der Waals surface area contributed by atoms with Gasteiger partial charge in [0.05, 0.1) is 11.5 Å². The van der Waals surface area contributed by atoms with Gasteiger partial charge in [-0.1, -0.05) is 24.3 Å². The Balaban J connectivity index is 2.02. The molecular weight excluding hydrogens is 272 g/mol. The van der Waals surface area contributed by atoms with E-state index < -0.39 is 9.84 Å². The Labute approximate surface area is 122 Å². The van der Waals surface area contributed by atoms with Gasteiger partial charge in [-0.25, -0.2) is 8.42 Å². The average molecular weight is 296 g/mol. The van der Waals surface area contributed by atoms with E-state index >= 15 is 0 Å². The van der Waals surface area contributed by atoms with Gasteiger partial charge in [-0.2, -0.15) is 0 Å². The summed E-state index contributed by atoms with van der Waals surface area (Å²) in [4.78, 5) is 2.18. The van der Waals surface area contributed by atoms with E-state index in [-0.39, 0.29) is 6.04 Å². The first kappa shape index (κ1) is 15.5. The topological polar surface area (TPSA) is 49.4 Å². The minimum Gasteiger partial charge on any atom is -0.319 e. The number of nitrogens with one attached hydrogen (secondary N) is 1. The highest BCUT2D eigenvalue weighted by molar-refractivity contribution is 7.91. The summed E-state index contributed by atoms with van der Waals surface area (Å²) in [5.41, 5.74) is 2.64. The van der Waals surface area contributed by atoms with Crippen molar-refractivity contribution in [1.82, 2.24) is 10.2 Å². The molecule has 0 aromatic heterocycles. The Morgan fingerprint density at radius 3 is 2.60 bits per heavy atom. The third kappa shape index (κ3) is 4.04. The summed E-state index contributed by atoms with van der Waals surface area (Å²) < 4.78 is 23.1. The van der Waals surface area contributed by atoms with Crippen LogP contribution >= 0.6 is 0 Å². The molecule has 1 saturated heterocycles. The number of rotatable bonds is 6. The Morgan fingerprint density at radius 1 is 1.30 bits per heavy atom. The van der Waals surface area contributed by atoms with Crippen LogP contribution in [0, 0.1) is 0 Å². The molecule has 0 amide bonds. The van der Waals surface area contributed by atoms with Gasteiger partial charge < -0.3 is 5.32 Å². The first-order chi connectivity index (χ1) is 9.52. The predicted octanol–water partition coefficient (Wildman–Crippen LogP) is 1.07. The molecule has 5 heteroatoms. The summed E-state index contributed by atoms with van der Waals surface area (Å²) in [6.45, 7) is 1.78. The molecule has 1 heterocycles. The number of nitrogens with zero attached hydrogens (tertiary/aromatic N) is 1. The normalized spacial score (nSPS) is 21.4. The molecule has 1 aromatic rings. The van der Waals surface area contributed by atoms with Crippen LogP contribution in [0.5, 0.6) is 0 Å². The standard InChI is InChI=1S/C15H24N2O2S/c1-16-9-7-13-5-3-4-6-14(13)11-17(2)15-8-10-20(18,19)12-15/h3-6,15-16H,7-12H2,1-2H3. The molecule has 0 saturated carbocycles. The minimum atomic E-state index is -2.81. The fourth-order valence-corrected chi connectivity index (χ4v) is 4.54. The molecule has 20 heavy (non-hydrogen) atoms. The zero-order valence-corrected chi connectivity index (χ0v) is 13.1. The lowest BCUT2D eigenvalue weighted by atomic mass is 10.0. The Hall–Kier alpha value is -0.910. The number of hydrogen-bond acceptors (Lipinski definition) is 4. The molecule has 0 radical (unpaired) electrons. The van der Waals surface area contributed by atoms with E-state index in [0.29, 0.717) is 11.5 Å². The Bertz CT molecular complexity index is 543. The van der Waals surface area contributed by atoms with Crippen LogP contribution in [0.3, 0.4) is 0 Å². The summed E-state index contributed by atoms with van der Waals surface area (Å²) in [6.07, 6.45) is 1.76. The molecule has 0 aliphatic carbocycles. The third-order valence-corrected chi connectivity index (χ3v) is 5.76. The number of hydrogen-bond donors (Lipinski definition) is 1. The molecule has 1 unspecified atom stereocenters. The summed E-state index contributed by atoms with van der Waals surface area (Å²) in [5, 5.41) is 3.17. The van der Waals surface area contributed by atoms with Gasteiger partial charge >= 0.3 is 0 Å². The lowest BCUT2D eigenvalue weighted by Gasteiger charge is -2.24. The smallest absolute Gasteiger partial charge is 0.151 e. The van der Waals surface area contributed by atoms with Crippen LogP contribution in [-0.4, -0.2) is 51.5 Å². The second-order valence-corrected chi connectivity index (χ2v) is 7.82. The molecule has 1 aliphatic heterocycles. The van der Waals surface area contributed by atoms with E-state index in [9.17, 15) is 8.42 Å². The highest BCUT2D eigenvalue weighted by Crippen LogP contribution is 2.20. The van der Waals surface area contributed by atoms with Crippen LogP contribution in [0.15, 0.2) is 24.3 Å². The van der Waals surface area contributed by atoms with Gasteiger partial charge in [-0.3, -0.25) is 4.90 Å². The maximum Gasteiger partial charge on any atom is 0.151 e. The van der Waals surface area contributed by atoms with Crippen LogP contribution in [-0.2, 0) is 22.8 Å². The van der Waals surface area contributed by atoms with Gasteiger partial charge in [0.15, 0.2) is 9.84 Å². The second kappa shape index (κ2) is 6.70. The minimum absolute atomic E-state index is 0.164. The number of benzene rings is 1. The molecule has 0 spiro atoms. The van der Waals surface area contributed by atoms with Gasteiger partial charge in [0.2, 0.25) is 0 Å². The molecule has 1 N–H and O–H groups in total. The third-order valence-electron chi connectivity index (χ3n) is 4.01. The fraction of sp³-hybridized carbons (Fsp3) is 0.600. The van der Waals surface area contributed by atoms with E-state index in [1.165, 1.54) is 11.1 Å². The summed E-state index contributed by atoms with van der Waals surface area (Å²) in [7, 11) is 1.18. The van der Waals surface area contributed by atoms with Crippen molar-refractivity contribution < 1.29 is 8.42 Å². The van der Waals surface area contributed by atoms with E-state index in [0.717, 1.165) is 25.9 Å². The molecule has 1 aliphatic rings. The lowest BCUT2D eigenvalue weighted by Crippen LogP contribution is -2.32. The SMILES string of the molecule is CNCCc1ccccc1CN(C)C1CCS(=O)(=O)C1. The summed E-state index contributed by atoms with van der Waals surface area (Å²) >= 11 is 0. The van der Waals surface area contributed by atoms with E-state index in [1.807, 2.05) is 14.1 Å². The zero-order valence-electron chi connectivity index (χ0n) is 12.3. The van der Waals surface area contributed by atoms with Crippen molar-refractivity contribution in [3.63, 3.8) is 0 Å². The Morgan fingerprint density at radius 2 is 2.00 bits per heavy atom. The van der Waals surface area contributed by atoms with Crippen LogP contribution in [0.1, 0.15) is 17.5 Å². The van der Waals surface area contributed by atoms with E-state index in [4.69, 9.17) is 0 Å². The van der Waals surface area contributed by atoms with Gasteiger partial charge in [-0.05, 0) is 44.6 Å². The quantitative estimate of drug-likeness (QED) is 0.853. The second-order valence-electron chi connectivity index (χ2n) is 5.59. The van der Waals surface area contributed by atoms with Crippen LogP contribution in [0.25, 0.3) is 0 Å². The van der Waals surface area contributed by atoms with Gasteiger partial charge in [-0.15, -0.1) is 0 Å². The molecule has 1 atom stereocenters. The zero-order chi connectivity index (χ0) is 14.6. The molecule has 4 nitrogen and oxygen atoms in total.